The van der Waals surface area contributed by atoms with E-state index in [-0.39, 0.29) is 43.5 Å². The minimum Gasteiger partial charge on any atom is -0.461 e. The van der Waals surface area contributed by atoms with Crippen molar-refractivity contribution in [3.63, 3.8) is 0 Å². The number of nitrogens with one attached hydrogen (secondary N) is 2. The number of hydrogen-bond acceptors (Lipinski definition) is 26. The molecule has 0 spiro atoms. The number of nitrogens with zero attached hydrogens (tertiary/aromatic N) is 14. The maximum atomic E-state index is 11.6. The van der Waals surface area contributed by atoms with Crippen molar-refractivity contribution in [2.24, 2.45) is 0 Å². The van der Waals surface area contributed by atoms with Crippen LogP contribution in [0.15, 0.2) is 28.9 Å². The highest BCUT2D eigenvalue weighted by Crippen LogP contribution is 2.21. The fourth-order valence-electron chi connectivity index (χ4n) is 8.95. The lowest BCUT2D eigenvalue weighted by Gasteiger charge is -2.34. The number of aromatic nitrogens is 4. The molecule has 0 unspecified atom stereocenters. The van der Waals surface area contributed by atoms with Gasteiger partial charge in [0.2, 0.25) is 11.8 Å². The summed E-state index contributed by atoms with van der Waals surface area (Å²) in [6.45, 7) is 22.6. The number of rotatable bonds is 16. The third-order valence-corrected chi connectivity index (χ3v) is 14.5. The number of hydrogen-bond donors (Lipinski definition) is 5. The number of fused-ring (bicyclic) bond motifs is 1. The summed E-state index contributed by atoms with van der Waals surface area (Å²) in [7, 11) is 6.13. The molecule has 5 aliphatic rings. The molecule has 5 aliphatic heterocycles. The molecule has 31 nitrogen and oxygen atoms in total. The lowest BCUT2D eigenvalue weighted by Crippen LogP contribution is -2.50. The Morgan fingerprint density at radius 2 is 1.09 bits per heavy atom. The van der Waals surface area contributed by atoms with E-state index >= 15 is 0 Å². The van der Waals surface area contributed by atoms with E-state index in [1.54, 1.807) is 38.0 Å². The summed E-state index contributed by atoms with van der Waals surface area (Å²) >= 11 is 0. The second kappa shape index (κ2) is 37.3. The van der Waals surface area contributed by atoms with Crippen LogP contribution in [0.1, 0.15) is 0 Å². The molecule has 4 amide bonds. The zero-order valence-corrected chi connectivity index (χ0v) is 49.9. The van der Waals surface area contributed by atoms with Crippen molar-refractivity contribution in [2.75, 3.05) is 256 Å². The van der Waals surface area contributed by atoms with Crippen LogP contribution in [0.3, 0.4) is 0 Å². The van der Waals surface area contributed by atoms with Gasteiger partial charge in [-0.25, -0.2) is 24.2 Å². The molecule has 5 saturated heterocycles. The van der Waals surface area contributed by atoms with Gasteiger partial charge in [0, 0.05) is 190 Å². The molecule has 3 aromatic heterocycles. The van der Waals surface area contributed by atoms with E-state index in [2.05, 4.69) is 63.7 Å². The quantitative estimate of drug-likeness (QED) is 0.0763. The second-order valence-electron chi connectivity index (χ2n) is 19.4. The Kier molecular flexibility index (Phi) is 31.2. The fourth-order valence-corrected chi connectivity index (χ4v) is 9.33. The maximum Gasteiger partial charge on any atom is 0.409 e. The number of carbonyl (C=O) groups excluding carboxylic acids is 4. The smallest absolute Gasteiger partial charge is 0.409 e. The number of nitrogen functional groups attached to an aromatic ring is 1. The van der Waals surface area contributed by atoms with Crippen LogP contribution in [0.4, 0.5) is 30.9 Å². The van der Waals surface area contributed by atoms with Crippen LogP contribution in [0, 0.1) is 0 Å². The van der Waals surface area contributed by atoms with Crippen molar-refractivity contribution >= 4 is 51.9 Å². The van der Waals surface area contributed by atoms with Gasteiger partial charge in [-0.2, -0.15) is 17.9 Å². The third kappa shape index (κ3) is 24.5. The molecular formula is C50H91N17O14S. The summed E-state index contributed by atoms with van der Waals surface area (Å²) in [6, 6.07) is 5.43. The van der Waals surface area contributed by atoms with Gasteiger partial charge in [0.15, 0.2) is 11.4 Å². The van der Waals surface area contributed by atoms with Crippen LogP contribution >= 0.6 is 0 Å². The van der Waals surface area contributed by atoms with E-state index in [9.17, 15) is 27.6 Å². The summed E-state index contributed by atoms with van der Waals surface area (Å²) in [5.74, 6) is 2.03. The lowest BCUT2D eigenvalue weighted by molar-refractivity contribution is 0.0842. The number of anilines is 2. The van der Waals surface area contributed by atoms with E-state index in [1.165, 1.54) is 33.0 Å². The van der Waals surface area contributed by atoms with Crippen molar-refractivity contribution in [2.45, 2.75) is 0 Å². The number of carbonyl (C=O) groups is 4. The van der Waals surface area contributed by atoms with E-state index in [0.29, 0.717) is 89.3 Å². The maximum absolute atomic E-state index is 11.6. The molecule has 8 heterocycles. The Hall–Kier alpha value is -5.94. The number of nitrogens with two attached hydrogens (primary N) is 1. The van der Waals surface area contributed by atoms with E-state index in [4.69, 9.17) is 25.1 Å². The van der Waals surface area contributed by atoms with Crippen molar-refractivity contribution in [3.8, 4) is 11.6 Å². The predicted molar refractivity (Wildman–Crippen MR) is 306 cm³/mol. The van der Waals surface area contributed by atoms with Gasteiger partial charge in [-0.3, -0.25) is 28.7 Å². The van der Waals surface area contributed by atoms with Gasteiger partial charge in [0.25, 0.3) is 10.1 Å². The number of amides is 4. The zero-order valence-electron chi connectivity index (χ0n) is 49.1. The van der Waals surface area contributed by atoms with Crippen LogP contribution < -0.4 is 21.3 Å². The van der Waals surface area contributed by atoms with Crippen LogP contribution in [0.2, 0.25) is 0 Å². The highest BCUT2D eigenvalue weighted by molar-refractivity contribution is 7.85. The summed E-state index contributed by atoms with van der Waals surface area (Å²) in [5, 5.41) is 28.0. The molecule has 0 radical (unpaired) electrons. The fraction of sp³-hybridized carbons (Fsp3) is 0.740. The highest BCUT2D eigenvalue weighted by Gasteiger charge is 2.25. The molecule has 82 heavy (non-hydrogen) atoms. The first-order valence-electron chi connectivity index (χ1n) is 27.6. The average Bonchev–Trinajstić information content (AvgIpc) is 4.30. The monoisotopic (exact) mass is 1190 g/mol. The highest BCUT2D eigenvalue weighted by atomic mass is 32.2. The van der Waals surface area contributed by atoms with E-state index < -0.39 is 10.1 Å². The molecule has 5 fully saturated rings. The molecule has 0 bridgehead atoms. The van der Waals surface area contributed by atoms with Crippen LogP contribution in [-0.4, -0.2) is 352 Å². The summed E-state index contributed by atoms with van der Waals surface area (Å²) < 4.78 is 51.6. The molecule has 0 aromatic carbocycles. The van der Waals surface area contributed by atoms with Crippen LogP contribution in [-0.2, 0) is 33.2 Å². The first-order valence-corrected chi connectivity index (χ1v) is 29.4. The molecule has 466 valence electrons. The largest absolute Gasteiger partial charge is 0.461 e. The molecule has 8 rings (SSSR count). The molecular weight excluding hydrogens is 1090 g/mol. The summed E-state index contributed by atoms with van der Waals surface area (Å²) in [5.41, 5.74) is 6.70. The van der Waals surface area contributed by atoms with Gasteiger partial charge in [0.1, 0.15) is 5.82 Å². The second-order valence-corrected chi connectivity index (χ2v) is 21.1. The third-order valence-electron chi connectivity index (χ3n) is 13.9. The number of aliphatic hydroxyl groups excluding tert-OH is 2. The van der Waals surface area contributed by atoms with Gasteiger partial charge < -0.3 is 74.4 Å². The minimum absolute atomic E-state index is 0.150. The summed E-state index contributed by atoms with van der Waals surface area (Å²) in [6.07, 6.45) is 1.55. The van der Waals surface area contributed by atoms with Gasteiger partial charge in [-0.15, -0.1) is 5.10 Å². The Morgan fingerprint density at radius 3 is 1.49 bits per heavy atom. The number of aliphatic hydroxyl groups is 2. The number of piperazine rings is 5. The Bertz CT molecular complexity index is 2390. The molecule has 0 atom stereocenters. The average molecular weight is 1190 g/mol. The minimum atomic E-state index is -3.36. The van der Waals surface area contributed by atoms with Crippen molar-refractivity contribution < 1.29 is 65.4 Å². The van der Waals surface area contributed by atoms with E-state index in [0.717, 1.165) is 123 Å². The number of likely N-dealkylation sites (N-methyl/N-ethyl adjacent to an activating group) is 2. The zero-order chi connectivity index (χ0) is 59.9. The van der Waals surface area contributed by atoms with Gasteiger partial charge in [-0.05, 0) is 19.2 Å². The number of ether oxygens (including phenoxy) is 4. The number of methoxy groups -OCH3 is 4. The normalized spacial score (nSPS) is 17.6. The Morgan fingerprint density at radius 1 is 0.659 bits per heavy atom. The molecule has 32 heteroatoms. The standard InChI is InChI=1S/C18H24N8O3.C9H19N3O2.C9H18N2O5S.C8H16N2O3.C6H14N2O/c1-23(5-6-24-7-9-25(10-8-24)18(27)28-2)14-12-15-20-16(13-4-3-11-29-13)22-26(15)17(19)21-14;1-10-3-4-11-5-7-12(8-6-11)9(13)14-2;1-15-9(12)11-5-3-10(4-6-11)7-8-16-17(2,13)14;1-13-8(12)10-4-2-9(3-5-10)6-7-11;9-6-5-8-3-1-7-2-4-8/h3-4,11-12H,5-10H2,1-2H3,(H2,19,21);10H,3-8H2,1-2H3;3-8H2,1-2H3;11H,2-7H2,1H3;7,9H,1-6H2. The predicted octanol–water partition coefficient (Wildman–Crippen LogP) is -2.03. The number of furan rings is 1. The Labute approximate surface area is 482 Å². The van der Waals surface area contributed by atoms with Crippen molar-refractivity contribution in [1.82, 2.24) is 74.3 Å². The lowest BCUT2D eigenvalue weighted by atomic mass is 10.3. The topological polar surface area (TPSA) is 328 Å². The molecule has 0 aliphatic carbocycles. The first-order chi connectivity index (χ1) is 39.4. The van der Waals surface area contributed by atoms with Crippen molar-refractivity contribution in [3.05, 3.63) is 24.5 Å². The van der Waals surface area contributed by atoms with Gasteiger partial charge in [0.05, 0.1) is 60.8 Å². The molecule has 6 N–H and O–H groups in total. The first kappa shape index (κ1) is 68.6. The van der Waals surface area contributed by atoms with Gasteiger partial charge in [-0.1, -0.05) is 0 Å². The van der Waals surface area contributed by atoms with Crippen LogP contribution in [0.25, 0.3) is 17.2 Å². The SMILES string of the molecule is CNCCN1CCN(C(=O)OC)CC1.COC(=O)N1CCN(CCN(C)c2cc3nc(-c4ccco4)nn3c(N)n2)CC1.COC(=O)N1CCN(CCO)CC1.COC(=O)N1CCN(CCOS(C)(=O)=O)CC1.OCCN1CCNCC1. The van der Waals surface area contributed by atoms with Crippen LogP contribution in [0.5, 0.6) is 0 Å². The van der Waals surface area contributed by atoms with E-state index in [1.807, 2.05) is 30.0 Å². The summed E-state index contributed by atoms with van der Waals surface area (Å²) in [4.78, 5) is 73.8. The van der Waals surface area contributed by atoms with Crippen molar-refractivity contribution in [1.29, 1.82) is 0 Å². The number of β-amino-alcohol motifs (C(OH)–C–C–N with tert-alkyl or cyclic N) is 2. The molecule has 3 aromatic rings. The molecule has 0 saturated carbocycles. The van der Waals surface area contributed by atoms with Gasteiger partial charge >= 0.3 is 24.4 Å². The Balaban J connectivity index is 0.000000235.